The minimum absolute atomic E-state index is 0.0945. The van der Waals surface area contributed by atoms with Crippen molar-refractivity contribution in [3.63, 3.8) is 0 Å². The monoisotopic (exact) mass is 717 g/mol. The number of carbonyl (C=O) groups excluding carboxylic acids is 3. The van der Waals surface area contributed by atoms with E-state index in [1.54, 1.807) is 24.4 Å². The van der Waals surface area contributed by atoms with Gasteiger partial charge in [-0.1, -0.05) is 42.1 Å². The number of hydrogen-bond acceptors (Lipinski definition) is 10. The van der Waals surface area contributed by atoms with Crippen LogP contribution in [-0.2, 0) is 30.3 Å². The van der Waals surface area contributed by atoms with Gasteiger partial charge in [0.15, 0.2) is 0 Å². The smallest absolute Gasteiger partial charge is 0.336 e. The lowest BCUT2D eigenvalue weighted by Gasteiger charge is -2.41. The van der Waals surface area contributed by atoms with E-state index in [0.29, 0.717) is 48.3 Å². The molecule has 1 N–H and O–H groups in total. The number of halogens is 2. The Morgan fingerprint density at radius 1 is 0.979 bits per heavy atom. The fraction of sp³-hybridized carbons (Fsp3) is 0.543. The van der Waals surface area contributed by atoms with Gasteiger partial charge in [-0.3, -0.25) is 9.69 Å². The number of benzene rings is 1. The van der Waals surface area contributed by atoms with Crippen LogP contribution in [0.3, 0.4) is 0 Å². The lowest BCUT2D eigenvalue weighted by atomic mass is 9.78. The fourth-order valence-corrected chi connectivity index (χ4v) is 8.82. The van der Waals surface area contributed by atoms with Gasteiger partial charge in [-0.25, -0.2) is 14.6 Å². The number of piperazine rings is 1. The molecule has 10 nitrogen and oxygen atoms in total. The number of esters is 2. The third kappa shape index (κ3) is 8.25. The first kappa shape index (κ1) is 36.3. The number of amides is 1. The van der Waals surface area contributed by atoms with E-state index < -0.39 is 17.9 Å². The summed E-state index contributed by atoms with van der Waals surface area (Å²) in [5.41, 5.74) is 1.83. The van der Waals surface area contributed by atoms with Crippen LogP contribution in [0.5, 0.6) is 0 Å². The SMILES string of the molecule is COC(=O)C1=C(CCc2nccs2)NC(CC(=O)N2CCN(CC3(CN(C)C)CCCC3)CC2)=C(C(=O)OC)C1c1c(Cl)cccc1Cl. The molecular formula is C35H45Cl2N5O5S. The summed E-state index contributed by atoms with van der Waals surface area (Å²) in [7, 11) is 6.84. The zero-order valence-corrected chi connectivity index (χ0v) is 30.5. The van der Waals surface area contributed by atoms with Gasteiger partial charge in [-0.05, 0) is 50.9 Å². The molecule has 48 heavy (non-hydrogen) atoms. The Hall–Kier alpha value is -2.96. The average molecular weight is 719 g/mol. The van der Waals surface area contributed by atoms with Crippen LogP contribution in [-0.4, -0.2) is 105 Å². The first-order valence-electron chi connectivity index (χ1n) is 16.4. The molecule has 1 aliphatic carbocycles. The minimum atomic E-state index is -1.03. The van der Waals surface area contributed by atoms with Gasteiger partial charge in [0, 0.05) is 84.3 Å². The minimum Gasteiger partial charge on any atom is -0.466 e. The van der Waals surface area contributed by atoms with Gasteiger partial charge in [0.2, 0.25) is 5.91 Å². The molecule has 3 heterocycles. The van der Waals surface area contributed by atoms with Crippen LogP contribution >= 0.6 is 34.5 Å². The fourth-order valence-electron chi connectivity index (χ4n) is 7.59. The van der Waals surface area contributed by atoms with Gasteiger partial charge in [0.05, 0.1) is 42.7 Å². The molecule has 260 valence electrons. The Bertz CT molecular complexity index is 1530. The average Bonchev–Trinajstić information content (AvgIpc) is 3.75. The lowest BCUT2D eigenvalue weighted by Crippen LogP contribution is -2.52. The molecule has 1 saturated heterocycles. The number of nitrogens with one attached hydrogen (secondary N) is 1. The van der Waals surface area contributed by atoms with Crippen molar-refractivity contribution in [2.24, 2.45) is 5.41 Å². The van der Waals surface area contributed by atoms with E-state index in [1.165, 1.54) is 51.2 Å². The van der Waals surface area contributed by atoms with Gasteiger partial charge in [-0.2, -0.15) is 0 Å². The predicted octanol–water partition coefficient (Wildman–Crippen LogP) is 5.28. The van der Waals surface area contributed by atoms with Crippen LogP contribution in [0.1, 0.15) is 55.0 Å². The van der Waals surface area contributed by atoms with Crippen molar-refractivity contribution < 1.29 is 23.9 Å². The summed E-state index contributed by atoms with van der Waals surface area (Å²) in [5, 5.41) is 6.63. The maximum atomic E-state index is 14.0. The normalized spacial score (nSPS) is 19.9. The molecule has 1 amide bonds. The van der Waals surface area contributed by atoms with E-state index in [4.69, 9.17) is 32.7 Å². The number of hydrogen-bond donors (Lipinski definition) is 1. The molecular weight excluding hydrogens is 673 g/mol. The molecule has 2 aliphatic heterocycles. The Kier molecular flexibility index (Phi) is 12.2. The number of aryl methyl sites for hydroxylation is 1. The van der Waals surface area contributed by atoms with E-state index in [1.807, 2.05) is 10.3 Å². The third-order valence-electron chi connectivity index (χ3n) is 9.63. The summed E-state index contributed by atoms with van der Waals surface area (Å²) in [6.45, 7) is 4.89. The van der Waals surface area contributed by atoms with Crippen LogP contribution in [0.25, 0.3) is 0 Å². The highest BCUT2D eigenvalue weighted by atomic mass is 35.5. The van der Waals surface area contributed by atoms with Gasteiger partial charge in [0.25, 0.3) is 0 Å². The summed E-state index contributed by atoms with van der Waals surface area (Å²) in [6.07, 6.45) is 7.55. The van der Waals surface area contributed by atoms with Crippen LogP contribution in [0.4, 0.5) is 0 Å². The summed E-state index contributed by atoms with van der Waals surface area (Å²) in [6, 6.07) is 5.01. The Morgan fingerprint density at radius 2 is 1.60 bits per heavy atom. The Morgan fingerprint density at radius 3 is 2.17 bits per heavy atom. The quantitative estimate of drug-likeness (QED) is 0.294. The molecule has 1 aromatic carbocycles. The molecule has 0 spiro atoms. The Labute approximate surface area is 297 Å². The second-order valence-corrected chi connectivity index (χ2v) is 15.0. The molecule has 5 rings (SSSR count). The van der Waals surface area contributed by atoms with E-state index in [-0.39, 0.29) is 33.5 Å². The van der Waals surface area contributed by atoms with Crippen molar-refractivity contribution in [1.29, 1.82) is 0 Å². The number of carbonyl (C=O) groups is 3. The van der Waals surface area contributed by atoms with Crippen LogP contribution < -0.4 is 5.32 Å². The number of methoxy groups -OCH3 is 2. The number of allylic oxidation sites excluding steroid dienone is 1. The molecule has 2 aromatic rings. The van der Waals surface area contributed by atoms with Crippen molar-refractivity contribution in [3.8, 4) is 0 Å². The number of ether oxygens (including phenoxy) is 2. The third-order valence-corrected chi connectivity index (χ3v) is 11.1. The standard InChI is InChI=1S/C35H45Cl2N5O5S/c1-40(2)21-35(12-5-6-13-35)22-41-15-17-42(18-16-41)28(43)20-26-31(34(45)47-4)32(29-23(36)8-7-9-24(29)37)30(33(44)46-3)25(39-26)10-11-27-38-14-19-48-27/h7-9,14,19,32,39H,5-6,10-13,15-18,20-22H2,1-4H3. The molecule has 1 atom stereocenters. The molecule has 2 fully saturated rings. The molecule has 1 unspecified atom stereocenters. The van der Waals surface area contributed by atoms with E-state index in [0.717, 1.165) is 31.2 Å². The number of aromatic nitrogens is 1. The lowest BCUT2D eigenvalue weighted by molar-refractivity contribution is -0.137. The van der Waals surface area contributed by atoms with Crippen molar-refractivity contribution in [1.82, 2.24) is 25.0 Å². The van der Waals surface area contributed by atoms with Gasteiger partial charge in [-0.15, -0.1) is 11.3 Å². The zero-order chi connectivity index (χ0) is 34.4. The van der Waals surface area contributed by atoms with Gasteiger partial charge >= 0.3 is 11.9 Å². The summed E-state index contributed by atoms with van der Waals surface area (Å²) < 4.78 is 10.5. The van der Waals surface area contributed by atoms with Gasteiger partial charge in [0.1, 0.15) is 0 Å². The molecule has 13 heteroatoms. The number of thiazole rings is 1. The first-order valence-corrected chi connectivity index (χ1v) is 18.1. The Balaban J connectivity index is 1.44. The number of nitrogens with zero attached hydrogens (tertiary/aromatic N) is 4. The first-order chi connectivity index (χ1) is 23.1. The highest BCUT2D eigenvalue weighted by Crippen LogP contribution is 2.46. The largest absolute Gasteiger partial charge is 0.466 e. The molecule has 1 saturated carbocycles. The van der Waals surface area contributed by atoms with E-state index in [2.05, 4.69) is 34.2 Å². The summed E-state index contributed by atoms with van der Waals surface area (Å²) >= 11 is 15.0. The zero-order valence-electron chi connectivity index (χ0n) is 28.2. The second kappa shape index (κ2) is 16.2. The molecule has 1 aromatic heterocycles. The van der Waals surface area contributed by atoms with Crippen LogP contribution in [0.15, 0.2) is 52.3 Å². The molecule has 0 bridgehead atoms. The highest BCUT2D eigenvalue weighted by molar-refractivity contribution is 7.09. The van der Waals surface area contributed by atoms with Crippen molar-refractivity contribution in [2.45, 2.75) is 50.9 Å². The van der Waals surface area contributed by atoms with E-state index in [9.17, 15) is 14.4 Å². The maximum Gasteiger partial charge on any atom is 0.336 e. The molecule has 3 aliphatic rings. The summed E-state index contributed by atoms with van der Waals surface area (Å²) in [4.78, 5) is 52.2. The maximum absolute atomic E-state index is 14.0. The predicted molar refractivity (Wildman–Crippen MR) is 188 cm³/mol. The topological polar surface area (TPSA) is 104 Å². The highest BCUT2D eigenvalue weighted by Gasteiger charge is 2.42. The van der Waals surface area contributed by atoms with Crippen molar-refractivity contribution in [2.75, 3.05) is 67.6 Å². The van der Waals surface area contributed by atoms with Crippen molar-refractivity contribution >= 4 is 52.4 Å². The second-order valence-electron chi connectivity index (χ2n) is 13.2. The van der Waals surface area contributed by atoms with Crippen LogP contribution in [0, 0.1) is 5.41 Å². The van der Waals surface area contributed by atoms with E-state index >= 15 is 0 Å². The summed E-state index contributed by atoms with van der Waals surface area (Å²) in [5.74, 6) is -2.49. The van der Waals surface area contributed by atoms with Crippen molar-refractivity contribution in [3.05, 3.63) is 72.9 Å². The number of rotatable bonds is 12. The number of dihydropyridines is 1. The van der Waals surface area contributed by atoms with Crippen LogP contribution in [0.2, 0.25) is 10.0 Å². The molecule has 0 radical (unpaired) electrons. The van der Waals surface area contributed by atoms with Gasteiger partial charge < -0.3 is 24.6 Å².